The minimum absolute atomic E-state index is 0.0664. The van der Waals surface area contributed by atoms with Crippen molar-refractivity contribution in [2.24, 2.45) is 5.73 Å². The highest BCUT2D eigenvalue weighted by Crippen LogP contribution is 2.26. The molecular formula is C13H18BrFN2O2S. The number of nitrogens with two attached hydrogens (primary N) is 1. The Morgan fingerprint density at radius 1 is 1.50 bits per heavy atom. The summed E-state index contributed by atoms with van der Waals surface area (Å²) in [5.74, 6) is -0.791. The number of hydrogen-bond donors (Lipinski definition) is 1. The molecule has 0 fully saturated rings. The van der Waals surface area contributed by atoms with E-state index in [2.05, 4.69) is 22.5 Å². The molecule has 0 amide bonds. The zero-order valence-corrected chi connectivity index (χ0v) is 13.7. The standard InChI is InChI=1S/C13H18BrFN2O2S/c1-3-5-17(6-4-2)20(18,19)12-8-11(14)7-10(9-16)13(12)15/h3,7-8H,1,4-6,9,16H2,2H3. The predicted molar refractivity (Wildman–Crippen MR) is 81.2 cm³/mol. The molecule has 1 rings (SSSR count). The van der Waals surface area contributed by atoms with Gasteiger partial charge in [0.1, 0.15) is 10.7 Å². The van der Waals surface area contributed by atoms with Crippen LogP contribution in [0.5, 0.6) is 0 Å². The van der Waals surface area contributed by atoms with Crippen molar-refractivity contribution in [2.75, 3.05) is 13.1 Å². The fourth-order valence-electron chi connectivity index (χ4n) is 1.80. The van der Waals surface area contributed by atoms with Gasteiger partial charge in [0.05, 0.1) is 0 Å². The molecule has 112 valence electrons. The van der Waals surface area contributed by atoms with Gasteiger partial charge in [0, 0.05) is 29.7 Å². The average molecular weight is 365 g/mol. The third-order valence-electron chi connectivity index (χ3n) is 2.72. The lowest BCUT2D eigenvalue weighted by Gasteiger charge is -2.21. The second kappa shape index (κ2) is 7.31. The summed E-state index contributed by atoms with van der Waals surface area (Å²) in [6.45, 7) is 5.77. The number of sulfonamides is 1. The zero-order chi connectivity index (χ0) is 15.3. The number of halogens is 2. The van der Waals surface area contributed by atoms with Crippen molar-refractivity contribution >= 4 is 26.0 Å². The molecule has 0 saturated heterocycles. The van der Waals surface area contributed by atoms with Crippen molar-refractivity contribution < 1.29 is 12.8 Å². The first-order chi connectivity index (χ1) is 9.38. The van der Waals surface area contributed by atoms with Crippen LogP contribution in [0.3, 0.4) is 0 Å². The molecule has 0 heterocycles. The van der Waals surface area contributed by atoms with E-state index in [4.69, 9.17) is 5.73 Å². The summed E-state index contributed by atoms with van der Waals surface area (Å²) in [7, 11) is -3.91. The van der Waals surface area contributed by atoms with E-state index in [1.807, 2.05) is 6.92 Å². The fraction of sp³-hybridized carbons (Fsp3) is 0.385. The molecule has 0 unspecified atom stereocenters. The van der Waals surface area contributed by atoms with E-state index in [0.29, 0.717) is 17.4 Å². The Hall–Kier alpha value is -0.760. The van der Waals surface area contributed by atoms with Crippen LogP contribution in [-0.2, 0) is 16.6 Å². The molecule has 0 radical (unpaired) electrons. The van der Waals surface area contributed by atoms with Gasteiger partial charge in [-0.2, -0.15) is 4.31 Å². The van der Waals surface area contributed by atoms with Crippen LogP contribution in [0.25, 0.3) is 0 Å². The van der Waals surface area contributed by atoms with Gasteiger partial charge in [-0.25, -0.2) is 12.8 Å². The molecule has 0 saturated carbocycles. The van der Waals surface area contributed by atoms with Crippen LogP contribution in [-0.4, -0.2) is 25.8 Å². The summed E-state index contributed by atoms with van der Waals surface area (Å²) >= 11 is 3.18. The SMILES string of the molecule is C=CCN(CCC)S(=O)(=O)c1cc(Br)cc(CN)c1F. The van der Waals surface area contributed by atoms with Crippen LogP contribution >= 0.6 is 15.9 Å². The Morgan fingerprint density at radius 2 is 2.15 bits per heavy atom. The average Bonchev–Trinajstić information content (AvgIpc) is 2.40. The van der Waals surface area contributed by atoms with Crippen LogP contribution in [0.1, 0.15) is 18.9 Å². The van der Waals surface area contributed by atoms with Crippen LogP contribution in [0.2, 0.25) is 0 Å². The van der Waals surface area contributed by atoms with Gasteiger partial charge in [0.15, 0.2) is 0 Å². The van der Waals surface area contributed by atoms with E-state index in [-0.39, 0.29) is 23.5 Å². The Balaban J connectivity index is 3.40. The molecule has 0 spiro atoms. The first-order valence-corrected chi connectivity index (χ1v) is 8.40. The van der Waals surface area contributed by atoms with Crippen molar-refractivity contribution in [2.45, 2.75) is 24.8 Å². The molecule has 0 bridgehead atoms. The van der Waals surface area contributed by atoms with Crippen molar-refractivity contribution in [3.8, 4) is 0 Å². The van der Waals surface area contributed by atoms with Crippen LogP contribution < -0.4 is 5.73 Å². The molecule has 0 aliphatic heterocycles. The van der Waals surface area contributed by atoms with E-state index in [0.717, 1.165) is 0 Å². The lowest BCUT2D eigenvalue weighted by molar-refractivity contribution is 0.436. The van der Waals surface area contributed by atoms with E-state index in [1.165, 1.54) is 22.5 Å². The summed E-state index contributed by atoms with van der Waals surface area (Å²) in [6, 6.07) is 2.74. The molecule has 4 nitrogen and oxygen atoms in total. The smallest absolute Gasteiger partial charge is 0.246 e. The van der Waals surface area contributed by atoms with E-state index < -0.39 is 15.8 Å². The summed E-state index contributed by atoms with van der Waals surface area (Å²) < 4.78 is 41.0. The molecule has 1 aromatic carbocycles. The Kier molecular flexibility index (Phi) is 6.32. The molecule has 2 N–H and O–H groups in total. The summed E-state index contributed by atoms with van der Waals surface area (Å²) in [4.78, 5) is -0.359. The maximum absolute atomic E-state index is 14.3. The fourth-order valence-corrected chi connectivity index (χ4v) is 4.09. The normalized spacial score (nSPS) is 11.8. The topological polar surface area (TPSA) is 63.4 Å². The molecule has 0 atom stereocenters. The van der Waals surface area contributed by atoms with Gasteiger partial charge in [0.25, 0.3) is 0 Å². The molecule has 7 heteroatoms. The predicted octanol–water partition coefficient (Wildman–Crippen LogP) is 2.63. The highest BCUT2D eigenvalue weighted by molar-refractivity contribution is 9.10. The minimum Gasteiger partial charge on any atom is -0.326 e. The summed E-state index contributed by atoms with van der Waals surface area (Å²) in [5.41, 5.74) is 5.60. The molecule has 20 heavy (non-hydrogen) atoms. The molecule has 1 aromatic rings. The highest BCUT2D eigenvalue weighted by atomic mass is 79.9. The van der Waals surface area contributed by atoms with Crippen molar-refractivity contribution in [1.29, 1.82) is 0 Å². The Labute approximate surface area is 127 Å². The van der Waals surface area contributed by atoms with E-state index in [1.54, 1.807) is 0 Å². The summed E-state index contributed by atoms with van der Waals surface area (Å²) in [6.07, 6.45) is 2.11. The van der Waals surface area contributed by atoms with Crippen molar-refractivity contribution in [3.63, 3.8) is 0 Å². The third kappa shape index (κ3) is 3.66. The van der Waals surface area contributed by atoms with Gasteiger partial charge in [0.2, 0.25) is 10.0 Å². The van der Waals surface area contributed by atoms with Crippen LogP contribution in [0.4, 0.5) is 4.39 Å². The Morgan fingerprint density at radius 3 is 2.65 bits per heavy atom. The van der Waals surface area contributed by atoms with Crippen LogP contribution in [0, 0.1) is 5.82 Å². The largest absolute Gasteiger partial charge is 0.326 e. The Bertz CT molecular complexity index is 590. The third-order valence-corrected chi connectivity index (χ3v) is 5.05. The molecule has 0 aliphatic carbocycles. The van der Waals surface area contributed by atoms with Crippen LogP contribution in [0.15, 0.2) is 34.2 Å². The van der Waals surface area contributed by atoms with Gasteiger partial charge >= 0.3 is 0 Å². The lowest BCUT2D eigenvalue weighted by atomic mass is 10.2. The highest BCUT2D eigenvalue weighted by Gasteiger charge is 2.27. The maximum Gasteiger partial charge on any atom is 0.246 e. The van der Waals surface area contributed by atoms with Gasteiger partial charge in [-0.15, -0.1) is 6.58 Å². The first kappa shape index (κ1) is 17.3. The van der Waals surface area contributed by atoms with Crippen molar-refractivity contribution in [3.05, 3.63) is 40.6 Å². The number of rotatable bonds is 7. The minimum atomic E-state index is -3.91. The lowest BCUT2D eigenvalue weighted by Crippen LogP contribution is -2.32. The number of nitrogens with zero attached hydrogens (tertiary/aromatic N) is 1. The first-order valence-electron chi connectivity index (χ1n) is 6.17. The summed E-state index contributed by atoms with van der Waals surface area (Å²) in [5, 5.41) is 0. The second-order valence-corrected chi connectivity index (χ2v) is 7.05. The molecular weight excluding hydrogens is 347 g/mol. The zero-order valence-electron chi connectivity index (χ0n) is 11.3. The maximum atomic E-state index is 14.3. The number of hydrogen-bond acceptors (Lipinski definition) is 3. The van der Waals surface area contributed by atoms with Gasteiger partial charge in [-0.05, 0) is 18.6 Å². The second-order valence-electron chi connectivity index (χ2n) is 4.23. The van der Waals surface area contributed by atoms with Crippen molar-refractivity contribution in [1.82, 2.24) is 4.31 Å². The van der Waals surface area contributed by atoms with E-state index >= 15 is 0 Å². The van der Waals surface area contributed by atoms with Gasteiger partial charge in [-0.3, -0.25) is 0 Å². The van der Waals surface area contributed by atoms with Gasteiger partial charge < -0.3 is 5.73 Å². The monoisotopic (exact) mass is 364 g/mol. The van der Waals surface area contributed by atoms with E-state index in [9.17, 15) is 12.8 Å². The number of benzene rings is 1. The van der Waals surface area contributed by atoms with Gasteiger partial charge in [-0.1, -0.05) is 28.9 Å². The molecule has 0 aromatic heterocycles. The quantitative estimate of drug-likeness (QED) is 0.756. The molecule has 0 aliphatic rings.